The van der Waals surface area contributed by atoms with E-state index in [0.29, 0.717) is 37.5 Å². The molecule has 7 nitrogen and oxygen atoms in total. The van der Waals surface area contributed by atoms with Gasteiger partial charge in [-0.25, -0.2) is 0 Å². The number of hydrogen-bond acceptors (Lipinski definition) is 6. The van der Waals surface area contributed by atoms with Crippen LogP contribution in [-0.2, 0) is 16.1 Å². The number of ether oxygens (including phenoxy) is 1. The fourth-order valence-corrected chi connectivity index (χ4v) is 5.46. The van der Waals surface area contributed by atoms with E-state index in [0.717, 1.165) is 26.2 Å². The van der Waals surface area contributed by atoms with Gasteiger partial charge in [-0.05, 0) is 35.9 Å². The Morgan fingerprint density at radius 3 is 2.67 bits per heavy atom. The molecule has 1 aromatic carbocycles. The van der Waals surface area contributed by atoms with Crippen molar-refractivity contribution < 1.29 is 14.3 Å². The first kappa shape index (κ1) is 23.9. The highest BCUT2D eigenvalue weighted by Gasteiger charge is 2.43. The van der Waals surface area contributed by atoms with E-state index in [-0.39, 0.29) is 17.9 Å². The molecule has 2 atom stereocenters. The van der Waals surface area contributed by atoms with Gasteiger partial charge in [0.15, 0.2) is 0 Å². The maximum absolute atomic E-state index is 13.5. The number of methoxy groups -OCH3 is 1. The molecule has 2 saturated heterocycles. The van der Waals surface area contributed by atoms with E-state index >= 15 is 0 Å². The molecule has 0 aliphatic carbocycles. The fraction of sp³-hybridized carbons (Fsp3) is 0.520. The molecular formula is C25H34N4O3S. The minimum absolute atomic E-state index is 0.0384. The van der Waals surface area contributed by atoms with Crippen LogP contribution in [-0.4, -0.2) is 91.6 Å². The lowest BCUT2D eigenvalue weighted by Crippen LogP contribution is -2.53. The normalized spacial score (nSPS) is 21.1. The largest absolute Gasteiger partial charge is 0.383 e. The van der Waals surface area contributed by atoms with Gasteiger partial charge in [-0.3, -0.25) is 14.5 Å². The quantitative estimate of drug-likeness (QED) is 0.641. The van der Waals surface area contributed by atoms with Crippen LogP contribution in [0.15, 0.2) is 41.8 Å². The molecule has 0 spiro atoms. The van der Waals surface area contributed by atoms with Crippen LogP contribution in [0.1, 0.15) is 27.2 Å². The van der Waals surface area contributed by atoms with Crippen molar-refractivity contribution in [3.63, 3.8) is 0 Å². The number of amides is 2. The average molecular weight is 471 g/mol. The van der Waals surface area contributed by atoms with Crippen LogP contribution >= 0.6 is 11.3 Å². The van der Waals surface area contributed by atoms with Gasteiger partial charge in [0.25, 0.3) is 5.91 Å². The van der Waals surface area contributed by atoms with Crippen molar-refractivity contribution in [1.29, 1.82) is 0 Å². The molecule has 1 aromatic heterocycles. The van der Waals surface area contributed by atoms with Crippen LogP contribution in [0, 0.1) is 6.92 Å². The zero-order valence-electron chi connectivity index (χ0n) is 19.5. The van der Waals surface area contributed by atoms with Gasteiger partial charge < -0.3 is 19.9 Å². The van der Waals surface area contributed by atoms with Gasteiger partial charge in [0.05, 0.1) is 11.5 Å². The maximum Gasteiger partial charge on any atom is 0.264 e. The van der Waals surface area contributed by atoms with Gasteiger partial charge in [-0.2, -0.15) is 0 Å². The molecule has 0 radical (unpaired) electrons. The summed E-state index contributed by atoms with van der Waals surface area (Å²) in [7, 11) is 1.71. The molecule has 2 fully saturated rings. The predicted molar refractivity (Wildman–Crippen MR) is 130 cm³/mol. The van der Waals surface area contributed by atoms with E-state index < -0.39 is 6.04 Å². The smallest absolute Gasteiger partial charge is 0.264 e. The van der Waals surface area contributed by atoms with Crippen molar-refractivity contribution in [2.45, 2.75) is 32.0 Å². The van der Waals surface area contributed by atoms with E-state index in [1.54, 1.807) is 7.11 Å². The Kier molecular flexibility index (Phi) is 8.14. The molecule has 178 valence electrons. The molecule has 2 aliphatic rings. The molecule has 8 heteroatoms. The van der Waals surface area contributed by atoms with Crippen molar-refractivity contribution in [3.8, 4) is 0 Å². The monoisotopic (exact) mass is 470 g/mol. The number of aryl methyl sites for hydroxylation is 1. The molecular weight excluding hydrogens is 436 g/mol. The number of piperazine rings is 1. The Hall–Kier alpha value is -2.26. The second kappa shape index (κ2) is 11.2. The number of nitrogens with one attached hydrogen (secondary N) is 1. The summed E-state index contributed by atoms with van der Waals surface area (Å²) in [5.74, 6) is 0.0371. The SMILES string of the molecule is COCCN(Cc1ccccc1C)C1CC(C(=O)N2CCNCC2)N(C(=O)c2cccs2)C1. The van der Waals surface area contributed by atoms with Gasteiger partial charge >= 0.3 is 0 Å². The highest BCUT2D eigenvalue weighted by molar-refractivity contribution is 7.12. The van der Waals surface area contributed by atoms with Crippen LogP contribution in [0.5, 0.6) is 0 Å². The van der Waals surface area contributed by atoms with E-state index in [4.69, 9.17) is 4.74 Å². The van der Waals surface area contributed by atoms with Gasteiger partial charge in [-0.1, -0.05) is 30.3 Å². The molecule has 33 heavy (non-hydrogen) atoms. The van der Waals surface area contributed by atoms with Crippen molar-refractivity contribution >= 4 is 23.2 Å². The Morgan fingerprint density at radius 2 is 1.97 bits per heavy atom. The molecule has 2 aliphatic heterocycles. The van der Waals surface area contributed by atoms with Crippen LogP contribution in [0.25, 0.3) is 0 Å². The molecule has 2 amide bonds. The van der Waals surface area contributed by atoms with Gasteiger partial charge in [-0.15, -0.1) is 11.3 Å². The van der Waals surface area contributed by atoms with E-state index in [1.165, 1.54) is 22.5 Å². The standard InChI is InChI=1S/C25H34N4O3S/c1-19-6-3-4-7-20(19)17-28(13-14-32-2)21-16-22(24(30)27-11-9-26-10-12-27)29(18-21)25(31)23-8-5-15-33-23/h3-8,15,21-22,26H,9-14,16-18H2,1-2H3. The summed E-state index contributed by atoms with van der Waals surface area (Å²) in [6.07, 6.45) is 0.648. The van der Waals surface area contributed by atoms with Crippen LogP contribution in [0.4, 0.5) is 0 Å². The summed E-state index contributed by atoms with van der Waals surface area (Å²) in [6, 6.07) is 11.8. The molecule has 4 rings (SSSR count). The second-order valence-electron chi connectivity index (χ2n) is 8.81. The lowest BCUT2D eigenvalue weighted by atomic mass is 10.1. The fourth-order valence-electron chi connectivity index (χ4n) is 4.78. The summed E-state index contributed by atoms with van der Waals surface area (Å²) in [6.45, 7) is 7.80. The minimum atomic E-state index is -0.426. The number of nitrogens with zero attached hydrogens (tertiary/aromatic N) is 3. The number of benzene rings is 1. The summed E-state index contributed by atoms with van der Waals surface area (Å²) in [5, 5.41) is 5.22. The number of carbonyl (C=O) groups is 2. The molecule has 2 aromatic rings. The summed E-state index contributed by atoms with van der Waals surface area (Å²) in [5.41, 5.74) is 2.51. The molecule has 1 N–H and O–H groups in total. The first-order chi connectivity index (χ1) is 16.1. The van der Waals surface area contributed by atoms with Crippen LogP contribution in [0.3, 0.4) is 0 Å². The van der Waals surface area contributed by atoms with Crippen molar-refractivity contribution in [2.75, 3.05) is 53.0 Å². The van der Waals surface area contributed by atoms with Crippen molar-refractivity contribution in [1.82, 2.24) is 20.0 Å². The first-order valence-electron chi connectivity index (χ1n) is 11.7. The topological polar surface area (TPSA) is 65.1 Å². The summed E-state index contributed by atoms with van der Waals surface area (Å²) < 4.78 is 5.40. The zero-order valence-corrected chi connectivity index (χ0v) is 20.4. The third kappa shape index (κ3) is 5.63. The number of hydrogen-bond donors (Lipinski definition) is 1. The zero-order chi connectivity index (χ0) is 23.2. The van der Waals surface area contributed by atoms with E-state index in [9.17, 15) is 9.59 Å². The van der Waals surface area contributed by atoms with Gasteiger partial charge in [0.2, 0.25) is 5.91 Å². The van der Waals surface area contributed by atoms with Crippen LogP contribution in [0.2, 0.25) is 0 Å². The van der Waals surface area contributed by atoms with Gasteiger partial charge in [0.1, 0.15) is 6.04 Å². The van der Waals surface area contributed by atoms with Crippen LogP contribution < -0.4 is 5.32 Å². The van der Waals surface area contributed by atoms with Crippen molar-refractivity contribution in [2.24, 2.45) is 0 Å². The number of thiophene rings is 1. The Bertz CT molecular complexity index is 929. The Labute approximate surface area is 200 Å². The maximum atomic E-state index is 13.5. The predicted octanol–water partition coefficient (Wildman–Crippen LogP) is 2.22. The van der Waals surface area contributed by atoms with Gasteiger partial charge in [0, 0.05) is 59.0 Å². The number of carbonyl (C=O) groups excluding carboxylic acids is 2. The molecule has 0 saturated carbocycles. The van der Waals surface area contributed by atoms with Crippen molar-refractivity contribution in [3.05, 3.63) is 57.8 Å². The van der Waals surface area contributed by atoms with E-state index in [2.05, 4.69) is 41.4 Å². The lowest BCUT2D eigenvalue weighted by Gasteiger charge is -2.32. The minimum Gasteiger partial charge on any atom is -0.383 e. The third-order valence-corrected chi connectivity index (χ3v) is 7.58. The number of rotatable bonds is 8. The highest BCUT2D eigenvalue weighted by atomic mass is 32.1. The highest BCUT2D eigenvalue weighted by Crippen LogP contribution is 2.28. The number of likely N-dealkylation sites (tertiary alicyclic amines) is 1. The summed E-state index contributed by atoms with van der Waals surface area (Å²) >= 11 is 1.44. The third-order valence-electron chi connectivity index (χ3n) is 6.72. The molecule has 3 heterocycles. The molecule has 2 unspecified atom stereocenters. The summed E-state index contributed by atoms with van der Waals surface area (Å²) in [4.78, 5) is 33.8. The van der Waals surface area contributed by atoms with E-state index in [1.807, 2.05) is 27.3 Å². The average Bonchev–Trinajstić information content (AvgIpc) is 3.53. The Balaban J connectivity index is 1.57. The Morgan fingerprint density at radius 1 is 1.18 bits per heavy atom. The second-order valence-corrected chi connectivity index (χ2v) is 9.75. The first-order valence-corrected chi connectivity index (χ1v) is 12.6. The lowest BCUT2D eigenvalue weighted by molar-refractivity contribution is -0.135. The molecule has 0 bridgehead atoms.